The molecule has 0 aromatic carbocycles. The second kappa shape index (κ2) is 6.59. The van der Waals surface area contributed by atoms with E-state index in [0.29, 0.717) is 11.3 Å². The highest BCUT2D eigenvalue weighted by Gasteiger charge is 2.26. The Kier molecular flexibility index (Phi) is 5.36. The van der Waals surface area contributed by atoms with Crippen LogP contribution in [-0.2, 0) is 14.8 Å². The van der Waals surface area contributed by atoms with Crippen molar-refractivity contribution in [3.05, 3.63) is 17.0 Å². The number of H-pyrrole nitrogens is 1. The number of ether oxygens (including phenoxy) is 1. The van der Waals surface area contributed by atoms with Crippen LogP contribution in [0, 0.1) is 25.7 Å². The molecule has 0 saturated carbocycles. The summed E-state index contributed by atoms with van der Waals surface area (Å²) in [5.41, 5.74) is 0.895. The van der Waals surface area contributed by atoms with Crippen molar-refractivity contribution < 1.29 is 17.9 Å². The molecule has 20 heavy (non-hydrogen) atoms. The molecule has 2 N–H and O–H groups in total. The second-order valence-corrected chi connectivity index (χ2v) is 5.75. The monoisotopic (exact) mass is 298 g/mol. The average Bonchev–Trinajstić information content (AvgIpc) is 2.66. The molecule has 0 fully saturated rings. The van der Waals surface area contributed by atoms with Gasteiger partial charge >= 0.3 is 5.97 Å². The summed E-state index contributed by atoms with van der Waals surface area (Å²) in [6, 6.07) is 0. The highest BCUT2D eigenvalue weighted by molar-refractivity contribution is 7.89. The van der Waals surface area contributed by atoms with Gasteiger partial charge in [0, 0.05) is 11.3 Å². The summed E-state index contributed by atoms with van der Waals surface area (Å²) in [4.78, 5) is 14.6. The zero-order chi connectivity index (χ0) is 15.3. The third kappa shape index (κ3) is 3.40. The SMILES string of the molecule is CC#CCNS(=O)(=O)c1c(C)[nH]c(C(=O)OCC)c1C. The minimum Gasteiger partial charge on any atom is -0.461 e. The van der Waals surface area contributed by atoms with Gasteiger partial charge in [0.05, 0.1) is 13.2 Å². The van der Waals surface area contributed by atoms with Crippen LogP contribution in [0.3, 0.4) is 0 Å². The number of sulfonamides is 1. The first kappa shape index (κ1) is 16.3. The van der Waals surface area contributed by atoms with Gasteiger partial charge in [-0.05, 0) is 27.7 Å². The fourth-order valence-corrected chi connectivity index (χ4v) is 3.20. The molecule has 0 amide bonds. The molecule has 1 aromatic rings. The first-order valence-corrected chi connectivity index (χ1v) is 7.59. The van der Waals surface area contributed by atoms with E-state index in [4.69, 9.17) is 4.74 Å². The Morgan fingerprint density at radius 3 is 2.60 bits per heavy atom. The lowest BCUT2D eigenvalue weighted by atomic mass is 10.2. The van der Waals surface area contributed by atoms with E-state index >= 15 is 0 Å². The summed E-state index contributed by atoms with van der Waals surface area (Å²) in [6.45, 7) is 6.72. The van der Waals surface area contributed by atoms with Crippen molar-refractivity contribution in [2.24, 2.45) is 0 Å². The predicted molar refractivity (Wildman–Crippen MR) is 74.9 cm³/mol. The largest absolute Gasteiger partial charge is 0.461 e. The Morgan fingerprint density at radius 2 is 2.05 bits per heavy atom. The zero-order valence-electron chi connectivity index (χ0n) is 12.0. The van der Waals surface area contributed by atoms with Crippen molar-refractivity contribution in [2.75, 3.05) is 13.2 Å². The van der Waals surface area contributed by atoms with Gasteiger partial charge in [-0.1, -0.05) is 5.92 Å². The van der Waals surface area contributed by atoms with E-state index in [1.54, 1.807) is 27.7 Å². The molecule has 0 atom stereocenters. The van der Waals surface area contributed by atoms with Gasteiger partial charge in [0.1, 0.15) is 10.6 Å². The van der Waals surface area contributed by atoms with E-state index in [0.717, 1.165) is 0 Å². The molecule has 0 aliphatic rings. The van der Waals surface area contributed by atoms with Crippen LogP contribution in [0.4, 0.5) is 0 Å². The summed E-state index contributed by atoms with van der Waals surface area (Å²) in [5.74, 6) is 4.66. The van der Waals surface area contributed by atoms with Gasteiger partial charge in [0.25, 0.3) is 0 Å². The summed E-state index contributed by atoms with van der Waals surface area (Å²) in [6.07, 6.45) is 0. The molecule has 0 radical (unpaired) electrons. The van der Waals surface area contributed by atoms with Crippen LogP contribution >= 0.6 is 0 Å². The Hall–Kier alpha value is -1.78. The van der Waals surface area contributed by atoms with Crippen LogP contribution in [-0.4, -0.2) is 32.5 Å². The Bertz CT molecular complexity index is 663. The van der Waals surface area contributed by atoms with Crippen LogP contribution in [0.2, 0.25) is 0 Å². The molecule has 7 heteroatoms. The summed E-state index contributed by atoms with van der Waals surface area (Å²) in [7, 11) is -3.71. The number of hydrogen-bond acceptors (Lipinski definition) is 4. The van der Waals surface area contributed by atoms with Gasteiger partial charge in [0.15, 0.2) is 0 Å². The van der Waals surface area contributed by atoms with Crippen LogP contribution in [0.5, 0.6) is 0 Å². The lowest BCUT2D eigenvalue weighted by Gasteiger charge is -2.05. The minimum absolute atomic E-state index is 0.0254. The maximum absolute atomic E-state index is 12.2. The van der Waals surface area contributed by atoms with Gasteiger partial charge in [-0.15, -0.1) is 5.92 Å². The molecule has 6 nitrogen and oxygen atoms in total. The molecule has 0 aliphatic carbocycles. The standard InChI is InChI=1S/C13H18N2O4S/c1-5-7-8-14-20(17,18)12-9(3)11(15-10(12)4)13(16)19-6-2/h14-15H,6,8H2,1-4H3. The van der Waals surface area contributed by atoms with Gasteiger partial charge in [0.2, 0.25) is 10.0 Å². The van der Waals surface area contributed by atoms with Gasteiger partial charge < -0.3 is 9.72 Å². The van der Waals surface area contributed by atoms with Crippen molar-refractivity contribution in [3.8, 4) is 11.8 Å². The molecule has 0 bridgehead atoms. The number of aromatic nitrogens is 1. The van der Waals surface area contributed by atoms with Crippen LogP contribution in [0.15, 0.2) is 4.90 Å². The Morgan fingerprint density at radius 1 is 1.40 bits per heavy atom. The number of esters is 1. The number of carbonyl (C=O) groups excluding carboxylic acids is 1. The molecule has 0 spiro atoms. The predicted octanol–water partition coefficient (Wildman–Crippen LogP) is 1.11. The molecular weight excluding hydrogens is 280 g/mol. The van der Waals surface area contributed by atoms with Crippen LogP contribution < -0.4 is 4.72 Å². The molecule has 0 saturated heterocycles. The van der Waals surface area contributed by atoms with Gasteiger partial charge in [-0.25, -0.2) is 13.2 Å². The minimum atomic E-state index is -3.71. The summed E-state index contributed by atoms with van der Waals surface area (Å²) in [5, 5.41) is 0. The van der Waals surface area contributed by atoms with Crippen molar-refractivity contribution in [1.82, 2.24) is 9.71 Å². The second-order valence-electron chi connectivity index (χ2n) is 4.05. The number of hydrogen-bond donors (Lipinski definition) is 2. The number of aryl methyl sites for hydroxylation is 1. The summed E-state index contributed by atoms with van der Waals surface area (Å²) < 4.78 is 31.6. The Labute approximate surface area is 119 Å². The lowest BCUT2D eigenvalue weighted by Crippen LogP contribution is -2.25. The van der Waals surface area contributed by atoms with Crippen molar-refractivity contribution in [3.63, 3.8) is 0 Å². The highest BCUT2D eigenvalue weighted by atomic mass is 32.2. The van der Waals surface area contributed by atoms with E-state index in [1.807, 2.05) is 0 Å². The maximum Gasteiger partial charge on any atom is 0.355 e. The molecule has 1 rings (SSSR count). The van der Waals surface area contributed by atoms with Gasteiger partial charge in [-0.3, -0.25) is 0 Å². The molecule has 1 heterocycles. The zero-order valence-corrected chi connectivity index (χ0v) is 12.8. The third-order valence-electron chi connectivity index (χ3n) is 2.64. The fourth-order valence-electron chi connectivity index (χ4n) is 1.83. The van der Waals surface area contributed by atoms with E-state index in [-0.39, 0.29) is 23.7 Å². The first-order chi connectivity index (χ1) is 9.35. The lowest BCUT2D eigenvalue weighted by molar-refractivity contribution is 0.0519. The number of nitrogens with one attached hydrogen (secondary N) is 2. The molecular formula is C13H18N2O4S. The average molecular weight is 298 g/mol. The molecule has 1 aromatic heterocycles. The smallest absolute Gasteiger partial charge is 0.355 e. The normalized spacial score (nSPS) is 10.8. The van der Waals surface area contributed by atoms with Crippen molar-refractivity contribution >= 4 is 16.0 Å². The number of aromatic amines is 1. The molecule has 110 valence electrons. The van der Waals surface area contributed by atoms with Crippen LogP contribution in [0.1, 0.15) is 35.6 Å². The van der Waals surface area contributed by atoms with E-state index in [2.05, 4.69) is 21.5 Å². The Balaban J connectivity index is 3.18. The van der Waals surface area contributed by atoms with Crippen LogP contribution in [0.25, 0.3) is 0 Å². The van der Waals surface area contributed by atoms with E-state index < -0.39 is 16.0 Å². The number of carbonyl (C=O) groups is 1. The molecule has 0 aliphatic heterocycles. The topological polar surface area (TPSA) is 88.3 Å². The third-order valence-corrected chi connectivity index (χ3v) is 4.32. The summed E-state index contributed by atoms with van der Waals surface area (Å²) >= 11 is 0. The highest BCUT2D eigenvalue weighted by Crippen LogP contribution is 2.23. The van der Waals surface area contributed by atoms with E-state index in [1.165, 1.54) is 0 Å². The number of rotatable bonds is 5. The molecule has 0 unspecified atom stereocenters. The van der Waals surface area contributed by atoms with Crippen molar-refractivity contribution in [2.45, 2.75) is 32.6 Å². The van der Waals surface area contributed by atoms with Gasteiger partial charge in [-0.2, -0.15) is 4.72 Å². The quantitative estimate of drug-likeness (QED) is 0.629. The maximum atomic E-state index is 12.2. The first-order valence-electron chi connectivity index (χ1n) is 6.10. The van der Waals surface area contributed by atoms with Crippen molar-refractivity contribution in [1.29, 1.82) is 0 Å². The van der Waals surface area contributed by atoms with E-state index in [9.17, 15) is 13.2 Å². The fraction of sp³-hybridized carbons (Fsp3) is 0.462.